The number of nitrogens with one attached hydrogen (secondary N) is 1. The summed E-state index contributed by atoms with van der Waals surface area (Å²) < 4.78 is 6.23. The van der Waals surface area contributed by atoms with Crippen LogP contribution in [0.3, 0.4) is 0 Å². The largest absolute Gasteiger partial charge is 0.497 e. The number of halogens is 1. The fourth-order valence-corrected chi connectivity index (χ4v) is 4.29. The van der Waals surface area contributed by atoms with Gasteiger partial charge in [-0.1, -0.05) is 41.9 Å². The quantitative estimate of drug-likeness (QED) is 0.671. The molecule has 2 aromatic carbocycles. The van der Waals surface area contributed by atoms with E-state index in [0.29, 0.717) is 16.4 Å². The number of nitrogens with zero attached hydrogens (tertiary/aromatic N) is 1. The molecular formula is C20H21ClN2O2S. The van der Waals surface area contributed by atoms with Crippen LogP contribution in [-0.4, -0.2) is 38.6 Å². The number of carbonyl (C=O) groups is 1. The van der Waals surface area contributed by atoms with E-state index in [-0.39, 0.29) is 11.9 Å². The molecular weight excluding hydrogens is 368 g/mol. The van der Waals surface area contributed by atoms with E-state index in [1.54, 1.807) is 7.11 Å². The number of methoxy groups -OCH3 is 1. The van der Waals surface area contributed by atoms with Crippen LogP contribution in [0.25, 0.3) is 10.1 Å². The Morgan fingerprint density at radius 1 is 1.19 bits per heavy atom. The molecule has 1 N–H and O–H groups in total. The zero-order valence-corrected chi connectivity index (χ0v) is 16.5. The van der Waals surface area contributed by atoms with Crippen LogP contribution in [0.5, 0.6) is 5.75 Å². The number of amides is 1. The first kappa shape index (κ1) is 18.7. The molecule has 0 aliphatic carbocycles. The monoisotopic (exact) mass is 388 g/mol. The summed E-state index contributed by atoms with van der Waals surface area (Å²) in [4.78, 5) is 15.3. The Hall–Kier alpha value is -2.08. The van der Waals surface area contributed by atoms with Gasteiger partial charge in [-0.15, -0.1) is 11.3 Å². The molecule has 0 fully saturated rings. The lowest BCUT2D eigenvalue weighted by Gasteiger charge is -2.25. The van der Waals surface area contributed by atoms with Crippen molar-refractivity contribution in [3.63, 3.8) is 0 Å². The van der Waals surface area contributed by atoms with Gasteiger partial charge in [-0.25, -0.2) is 0 Å². The van der Waals surface area contributed by atoms with E-state index in [9.17, 15) is 4.79 Å². The van der Waals surface area contributed by atoms with Gasteiger partial charge in [-0.2, -0.15) is 0 Å². The van der Waals surface area contributed by atoms with Gasteiger partial charge in [0.2, 0.25) is 0 Å². The molecule has 1 aromatic heterocycles. The number of ether oxygens (including phenoxy) is 1. The Bertz CT molecular complexity index is 906. The summed E-state index contributed by atoms with van der Waals surface area (Å²) in [5.74, 6) is 0.670. The molecule has 3 aromatic rings. The first-order valence-corrected chi connectivity index (χ1v) is 9.46. The molecule has 0 unspecified atom stereocenters. The van der Waals surface area contributed by atoms with Crippen molar-refractivity contribution >= 4 is 38.9 Å². The molecule has 0 spiro atoms. The maximum absolute atomic E-state index is 12.7. The van der Waals surface area contributed by atoms with Gasteiger partial charge in [0, 0.05) is 16.6 Å². The third kappa shape index (κ3) is 3.85. The van der Waals surface area contributed by atoms with E-state index in [2.05, 4.69) is 10.2 Å². The molecule has 0 saturated heterocycles. The number of likely N-dealkylation sites (N-methyl/N-ethyl adjacent to an activating group) is 1. The lowest BCUT2D eigenvalue weighted by atomic mass is 10.1. The minimum Gasteiger partial charge on any atom is -0.497 e. The fraction of sp³-hybridized carbons (Fsp3) is 0.250. The van der Waals surface area contributed by atoms with Crippen molar-refractivity contribution in [2.45, 2.75) is 6.04 Å². The molecule has 0 radical (unpaired) electrons. The van der Waals surface area contributed by atoms with Gasteiger partial charge in [-0.3, -0.25) is 4.79 Å². The van der Waals surface area contributed by atoms with Crippen molar-refractivity contribution in [2.75, 3.05) is 27.7 Å². The smallest absolute Gasteiger partial charge is 0.262 e. The molecule has 0 bridgehead atoms. The maximum atomic E-state index is 12.7. The van der Waals surface area contributed by atoms with Crippen LogP contribution < -0.4 is 10.1 Å². The van der Waals surface area contributed by atoms with E-state index in [0.717, 1.165) is 21.4 Å². The second-order valence-corrected chi connectivity index (χ2v) is 7.63. The van der Waals surface area contributed by atoms with Gasteiger partial charge in [0.15, 0.2) is 0 Å². The van der Waals surface area contributed by atoms with E-state index in [4.69, 9.17) is 16.3 Å². The van der Waals surface area contributed by atoms with Crippen molar-refractivity contribution in [3.8, 4) is 5.75 Å². The SMILES string of the molecule is COc1ccc([C@@H](CNC(=O)c2sc3ccccc3c2Cl)N(C)C)cc1. The van der Waals surface area contributed by atoms with E-state index < -0.39 is 0 Å². The molecule has 136 valence electrons. The molecule has 4 nitrogen and oxygen atoms in total. The van der Waals surface area contributed by atoms with Crippen LogP contribution in [0, 0.1) is 0 Å². The summed E-state index contributed by atoms with van der Waals surface area (Å²) in [6.45, 7) is 0.489. The van der Waals surface area contributed by atoms with Crippen molar-refractivity contribution in [1.29, 1.82) is 0 Å². The maximum Gasteiger partial charge on any atom is 0.262 e. The highest BCUT2D eigenvalue weighted by atomic mass is 35.5. The third-order valence-corrected chi connectivity index (χ3v) is 6.00. The second-order valence-electron chi connectivity index (χ2n) is 6.20. The molecule has 3 rings (SSSR count). The molecule has 6 heteroatoms. The minimum absolute atomic E-state index is 0.0537. The summed E-state index contributed by atoms with van der Waals surface area (Å²) in [6, 6.07) is 15.7. The topological polar surface area (TPSA) is 41.6 Å². The van der Waals surface area contributed by atoms with Crippen LogP contribution >= 0.6 is 22.9 Å². The lowest BCUT2D eigenvalue weighted by molar-refractivity contribution is 0.0946. The van der Waals surface area contributed by atoms with Crippen molar-refractivity contribution in [3.05, 3.63) is 64.0 Å². The molecule has 1 atom stereocenters. The average molecular weight is 389 g/mol. The number of fused-ring (bicyclic) bond motifs is 1. The third-order valence-electron chi connectivity index (χ3n) is 4.32. The normalized spacial score (nSPS) is 12.3. The first-order valence-electron chi connectivity index (χ1n) is 8.27. The van der Waals surface area contributed by atoms with Crippen molar-refractivity contribution in [2.24, 2.45) is 0 Å². The Balaban J connectivity index is 1.75. The second kappa shape index (κ2) is 8.08. The van der Waals surface area contributed by atoms with E-state index >= 15 is 0 Å². The zero-order valence-electron chi connectivity index (χ0n) is 15.0. The van der Waals surface area contributed by atoms with Gasteiger partial charge in [0.25, 0.3) is 5.91 Å². The molecule has 0 aliphatic heterocycles. The molecule has 1 amide bonds. The lowest BCUT2D eigenvalue weighted by Crippen LogP contribution is -2.34. The Labute approximate surface area is 162 Å². The Kier molecular flexibility index (Phi) is 5.81. The predicted octanol–water partition coefficient (Wildman–Crippen LogP) is 4.60. The van der Waals surface area contributed by atoms with Crippen LogP contribution in [-0.2, 0) is 0 Å². The van der Waals surface area contributed by atoms with Gasteiger partial charge < -0.3 is 15.0 Å². The number of hydrogen-bond acceptors (Lipinski definition) is 4. The van der Waals surface area contributed by atoms with Gasteiger partial charge in [0.1, 0.15) is 10.6 Å². The number of thiophene rings is 1. The van der Waals surface area contributed by atoms with Gasteiger partial charge >= 0.3 is 0 Å². The Morgan fingerprint density at radius 2 is 1.88 bits per heavy atom. The van der Waals surface area contributed by atoms with Crippen molar-refractivity contribution < 1.29 is 9.53 Å². The highest BCUT2D eigenvalue weighted by Gasteiger charge is 2.20. The van der Waals surface area contributed by atoms with Gasteiger partial charge in [-0.05, 0) is 37.9 Å². The highest BCUT2D eigenvalue weighted by molar-refractivity contribution is 7.21. The van der Waals surface area contributed by atoms with Crippen LogP contribution in [0.4, 0.5) is 0 Å². The van der Waals surface area contributed by atoms with Crippen LogP contribution in [0.15, 0.2) is 48.5 Å². The number of carbonyl (C=O) groups excluding carboxylic acids is 1. The summed E-state index contributed by atoms with van der Waals surface area (Å²) in [7, 11) is 5.63. The number of benzene rings is 2. The summed E-state index contributed by atoms with van der Waals surface area (Å²) in [6.07, 6.45) is 0. The highest BCUT2D eigenvalue weighted by Crippen LogP contribution is 2.35. The van der Waals surface area contributed by atoms with Gasteiger partial charge in [0.05, 0.1) is 18.2 Å². The van der Waals surface area contributed by atoms with Crippen molar-refractivity contribution in [1.82, 2.24) is 10.2 Å². The first-order chi connectivity index (χ1) is 12.5. The number of rotatable bonds is 6. The molecule has 0 saturated carbocycles. The summed E-state index contributed by atoms with van der Waals surface area (Å²) in [5, 5.41) is 4.47. The summed E-state index contributed by atoms with van der Waals surface area (Å²) in [5.41, 5.74) is 1.11. The zero-order chi connectivity index (χ0) is 18.7. The standard InChI is InChI=1S/C20H21ClN2O2S/c1-23(2)16(13-8-10-14(25-3)11-9-13)12-22-20(24)19-18(21)15-6-4-5-7-17(15)26-19/h4-11,16H,12H2,1-3H3,(H,22,24)/t16-/m1/s1. The van der Waals surface area contributed by atoms with E-state index in [1.165, 1.54) is 11.3 Å². The fourth-order valence-electron chi connectivity index (χ4n) is 2.85. The Morgan fingerprint density at radius 3 is 2.50 bits per heavy atom. The number of hydrogen-bond donors (Lipinski definition) is 1. The average Bonchev–Trinajstić information content (AvgIpc) is 2.99. The minimum atomic E-state index is -0.142. The van der Waals surface area contributed by atoms with Crippen LogP contribution in [0.1, 0.15) is 21.3 Å². The molecule has 0 aliphatic rings. The molecule has 1 heterocycles. The summed E-state index contributed by atoms with van der Waals surface area (Å²) >= 11 is 7.82. The van der Waals surface area contributed by atoms with E-state index in [1.807, 2.05) is 62.6 Å². The predicted molar refractivity (Wildman–Crippen MR) is 109 cm³/mol. The van der Waals surface area contributed by atoms with Crippen LogP contribution in [0.2, 0.25) is 5.02 Å². The molecule has 26 heavy (non-hydrogen) atoms.